The topological polar surface area (TPSA) is 186 Å². The first-order chi connectivity index (χ1) is 32.7. The molecule has 1 saturated carbocycles. The van der Waals surface area contributed by atoms with E-state index in [0.717, 1.165) is 59.7 Å². The van der Waals surface area contributed by atoms with Gasteiger partial charge in [-0.3, -0.25) is 19.2 Å². The van der Waals surface area contributed by atoms with Gasteiger partial charge in [0.1, 0.15) is 36.6 Å². The SMILES string of the molecule is Cc1ncsc1-c1ccc(CNC(=O)[C@@H]2C[C@@H](O)CN2C(=O)C(NC(=O)COCCC2CCN(c3ccc(C(=O)NC4C(C)(C)C(Oc5ccc(C#N)c(Cl)c5)C4(C)C)cc3)CC2)C(C)(C)C)cc1. The van der Waals surface area contributed by atoms with E-state index < -0.39 is 35.4 Å². The molecule has 2 saturated heterocycles. The summed E-state index contributed by atoms with van der Waals surface area (Å²) in [7, 11) is 0. The van der Waals surface area contributed by atoms with Crippen molar-refractivity contribution in [3.8, 4) is 22.3 Å². The van der Waals surface area contributed by atoms with Gasteiger partial charge >= 0.3 is 0 Å². The summed E-state index contributed by atoms with van der Waals surface area (Å²) in [6.07, 6.45) is 1.75. The minimum absolute atomic E-state index is 0.00398. The van der Waals surface area contributed by atoms with Crippen LogP contribution >= 0.6 is 22.9 Å². The second kappa shape index (κ2) is 21.2. The van der Waals surface area contributed by atoms with Crippen LogP contribution in [-0.4, -0.2) is 102 Å². The fourth-order valence-corrected chi connectivity index (χ4v) is 11.5. The van der Waals surface area contributed by atoms with Crippen molar-refractivity contribution in [3.63, 3.8) is 0 Å². The van der Waals surface area contributed by atoms with E-state index in [1.54, 1.807) is 29.5 Å². The lowest BCUT2D eigenvalue weighted by Gasteiger charge is -2.63. The number of aromatic nitrogens is 1. The molecule has 3 aliphatic rings. The summed E-state index contributed by atoms with van der Waals surface area (Å²) in [5.41, 5.74) is 5.33. The molecule has 16 heteroatoms. The number of piperidine rings is 1. The van der Waals surface area contributed by atoms with Gasteiger partial charge < -0.3 is 40.3 Å². The third-order valence-electron chi connectivity index (χ3n) is 14.2. The molecule has 0 spiro atoms. The number of carbonyl (C=O) groups excluding carboxylic acids is 4. The lowest BCUT2D eigenvalue weighted by atomic mass is 9.49. The summed E-state index contributed by atoms with van der Waals surface area (Å²) in [6.45, 7) is 18.0. The largest absolute Gasteiger partial charge is 0.489 e. The van der Waals surface area contributed by atoms with Gasteiger partial charge in [-0.2, -0.15) is 5.26 Å². The number of nitrogens with one attached hydrogen (secondary N) is 3. The van der Waals surface area contributed by atoms with Crippen LogP contribution in [-0.2, 0) is 25.7 Å². The Hall–Kier alpha value is -5.53. The van der Waals surface area contributed by atoms with Crippen molar-refractivity contribution in [2.45, 2.75) is 118 Å². The van der Waals surface area contributed by atoms with Crippen molar-refractivity contribution in [1.29, 1.82) is 5.26 Å². The van der Waals surface area contributed by atoms with Crippen LogP contribution in [0.1, 0.15) is 101 Å². The number of aliphatic hydroxyl groups is 1. The van der Waals surface area contributed by atoms with Crippen molar-refractivity contribution in [2.75, 3.05) is 37.7 Å². The first-order valence-corrected chi connectivity index (χ1v) is 25.1. The highest BCUT2D eigenvalue weighted by atomic mass is 35.5. The Kier molecular flexibility index (Phi) is 15.8. The molecule has 1 aliphatic carbocycles. The molecule has 3 aromatic carbocycles. The van der Waals surface area contributed by atoms with Crippen LogP contribution in [0, 0.1) is 40.4 Å². The predicted molar refractivity (Wildman–Crippen MR) is 268 cm³/mol. The van der Waals surface area contributed by atoms with Crippen molar-refractivity contribution < 1.29 is 33.8 Å². The van der Waals surface area contributed by atoms with Crippen molar-refractivity contribution in [2.24, 2.45) is 22.2 Å². The van der Waals surface area contributed by atoms with Crippen LogP contribution in [0.3, 0.4) is 0 Å². The zero-order valence-electron chi connectivity index (χ0n) is 40.9. The van der Waals surface area contributed by atoms with Gasteiger partial charge in [0, 0.05) is 73.4 Å². The second-order valence-electron chi connectivity index (χ2n) is 21.1. The number of thiazole rings is 1. The number of likely N-dealkylation sites (tertiary alicyclic amines) is 1. The molecular weight excluding hydrogens is 914 g/mol. The predicted octanol–water partition coefficient (Wildman–Crippen LogP) is 7.69. The highest BCUT2D eigenvalue weighted by Crippen LogP contribution is 2.55. The van der Waals surface area contributed by atoms with Crippen molar-refractivity contribution in [1.82, 2.24) is 25.8 Å². The number of rotatable bonds is 16. The third kappa shape index (κ3) is 11.7. The lowest BCUT2D eigenvalue weighted by molar-refractivity contribution is -0.164. The second-order valence-corrected chi connectivity index (χ2v) is 22.3. The Balaban J connectivity index is 0.823. The van der Waals surface area contributed by atoms with Crippen LogP contribution in [0.4, 0.5) is 5.69 Å². The first kappa shape index (κ1) is 51.3. The normalized spacial score (nSPS) is 21.4. The number of hydrogen-bond donors (Lipinski definition) is 4. The number of aliphatic hydroxyl groups excluding tert-OH is 1. The number of anilines is 1. The van der Waals surface area contributed by atoms with E-state index in [0.29, 0.717) is 34.4 Å². The van der Waals surface area contributed by atoms with E-state index >= 15 is 0 Å². The summed E-state index contributed by atoms with van der Waals surface area (Å²) in [6, 6.07) is 20.8. The summed E-state index contributed by atoms with van der Waals surface area (Å²) in [4.78, 5) is 63.4. The van der Waals surface area contributed by atoms with E-state index in [4.69, 9.17) is 21.1 Å². The number of β-amino-alcohol motifs (C(OH)–C–C–N with tert-alkyl or cyclic N) is 1. The Bertz CT molecular complexity index is 2510. The van der Waals surface area contributed by atoms with Crippen LogP contribution in [0.25, 0.3) is 10.4 Å². The van der Waals surface area contributed by atoms with E-state index in [-0.39, 0.29) is 60.9 Å². The summed E-state index contributed by atoms with van der Waals surface area (Å²) in [5.74, 6) is -0.333. The van der Waals surface area contributed by atoms with Gasteiger partial charge in [-0.05, 0) is 85.0 Å². The monoisotopic (exact) mass is 979 g/mol. The van der Waals surface area contributed by atoms with Gasteiger partial charge in [0.05, 0.1) is 32.8 Å². The summed E-state index contributed by atoms with van der Waals surface area (Å²) in [5, 5.41) is 29.3. The molecule has 4 N–H and O–H groups in total. The Morgan fingerprint density at radius 2 is 1.68 bits per heavy atom. The maximum atomic E-state index is 14.1. The fourth-order valence-electron chi connectivity index (χ4n) is 10.5. The molecule has 4 aromatic rings. The van der Waals surface area contributed by atoms with Crippen LogP contribution in [0.2, 0.25) is 5.02 Å². The van der Waals surface area contributed by atoms with E-state index in [1.807, 2.05) is 81.7 Å². The molecule has 7 rings (SSSR count). The Morgan fingerprint density at radius 1 is 1.00 bits per heavy atom. The average molecular weight is 981 g/mol. The Labute approximate surface area is 415 Å². The molecule has 368 valence electrons. The highest BCUT2D eigenvalue weighted by molar-refractivity contribution is 7.13. The number of halogens is 1. The molecule has 0 radical (unpaired) electrons. The smallest absolute Gasteiger partial charge is 0.251 e. The number of hydrogen-bond acceptors (Lipinski definition) is 11. The van der Waals surface area contributed by atoms with Crippen LogP contribution < -0.4 is 25.6 Å². The van der Waals surface area contributed by atoms with Crippen molar-refractivity contribution >= 4 is 52.3 Å². The minimum atomic E-state index is -0.942. The average Bonchev–Trinajstić information content (AvgIpc) is 3.94. The number of nitrogens with zero attached hydrogens (tertiary/aromatic N) is 4. The lowest BCUT2D eigenvalue weighted by Crippen LogP contribution is -2.74. The maximum absolute atomic E-state index is 14.1. The van der Waals surface area contributed by atoms with Crippen LogP contribution in [0.5, 0.6) is 5.75 Å². The summed E-state index contributed by atoms with van der Waals surface area (Å²) >= 11 is 7.84. The maximum Gasteiger partial charge on any atom is 0.251 e. The molecule has 1 unspecified atom stereocenters. The molecule has 3 fully saturated rings. The quantitative estimate of drug-likeness (QED) is 0.0812. The summed E-state index contributed by atoms with van der Waals surface area (Å²) < 4.78 is 12.2. The standard InChI is InChI=1S/C53H66ClN7O7S/c1-32-44(69-31-57-32)35-11-9-34(10-12-35)28-56-47(65)42-25-39(62)29-61(42)48(66)45(51(2,3)4)58-43(63)30-67-24-21-33-19-22-60(23-20-33)38-16-13-36(14-17-38)46(64)59-49-52(5,6)50(53(49,7)8)68-40-18-15-37(27-55)41(54)26-40/h9-18,26,31,33,39,42,45,49-50,62H,19-25,28-30H2,1-8H3,(H,56,65)(H,58,63)(H,59,64)/t39-,42+,45?,49?,50?/m1/s1. The fraction of sp³-hybridized carbons (Fsp3) is 0.509. The number of carbonyl (C=O) groups is 4. The zero-order chi connectivity index (χ0) is 49.8. The number of amides is 4. The molecule has 3 atom stereocenters. The zero-order valence-corrected chi connectivity index (χ0v) is 42.5. The molecule has 3 heterocycles. The van der Waals surface area contributed by atoms with Crippen molar-refractivity contribution in [3.05, 3.63) is 99.6 Å². The molecule has 69 heavy (non-hydrogen) atoms. The minimum Gasteiger partial charge on any atom is -0.489 e. The molecular formula is C53H66ClN7O7S. The van der Waals surface area contributed by atoms with Gasteiger partial charge in [-0.15, -0.1) is 11.3 Å². The number of ether oxygens (including phenoxy) is 2. The van der Waals surface area contributed by atoms with Crippen LogP contribution in [0.15, 0.2) is 72.2 Å². The first-order valence-electron chi connectivity index (χ1n) is 23.8. The molecule has 0 bridgehead atoms. The van der Waals surface area contributed by atoms with E-state index in [2.05, 4.69) is 59.6 Å². The van der Waals surface area contributed by atoms with E-state index in [1.165, 1.54) is 4.90 Å². The number of benzene rings is 3. The van der Waals surface area contributed by atoms with Gasteiger partial charge in [0.25, 0.3) is 5.91 Å². The van der Waals surface area contributed by atoms with Gasteiger partial charge in [-0.1, -0.05) is 84.3 Å². The highest BCUT2D eigenvalue weighted by Gasteiger charge is 2.64. The van der Waals surface area contributed by atoms with Gasteiger partial charge in [-0.25, -0.2) is 4.98 Å². The van der Waals surface area contributed by atoms with Gasteiger partial charge in [0.15, 0.2) is 0 Å². The number of nitriles is 1. The number of aryl methyl sites for hydroxylation is 1. The molecule has 14 nitrogen and oxygen atoms in total. The third-order valence-corrected chi connectivity index (χ3v) is 15.4. The van der Waals surface area contributed by atoms with Gasteiger partial charge in [0.2, 0.25) is 17.7 Å². The van der Waals surface area contributed by atoms with E-state index in [9.17, 15) is 29.5 Å². The molecule has 2 aliphatic heterocycles. The molecule has 4 amide bonds. The Morgan fingerprint density at radius 3 is 2.29 bits per heavy atom. The molecule has 1 aromatic heterocycles.